The summed E-state index contributed by atoms with van der Waals surface area (Å²) in [5.74, 6) is -0.280. The summed E-state index contributed by atoms with van der Waals surface area (Å²) in [7, 11) is 0. The van der Waals surface area contributed by atoms with Crippen molar-refractivity contribution in [1.29, 1.82) is 0 Å². The molecule has 0 spiro atoms. The highest BCUT2D eigenvalue weighted by Crippen LogP contribution is 2.23. The second-order valence-electron chi connectivity index (χ2n) is 3.79. The van der Waals surface area contributed by atoms with Gasteiger partial charge in [0.1, 0.15) is 0 Å². The van der Waals surface area contributed by atoms with Crippen molar-refractivity contribution in [3.8, 4) is 0 Å². The zero-order chi connectivity index (χ0) is 11.7. The third kappa shape index (κ3) is 1.90. The van der Waals surface area contributed by atoms with Crippen LogP contribution in [0, 0.1) is 0 Å². The van der Waals surface area contributed by atoms with Gasteiger partial charge in [0.05, 0.1) is 19.4 Å². The lowest BCUT2D eigenvalue weighted by Gasteiger charge is -2.04. The molecular weight excluding hydrogens is 220 g/mol. The second-order valence-corrected chi connectivity index (χ2v) is 3.79. The average molecular weight is 230 g/mol. The third-order valence-corrected chi connectivity index (χ3v) is 2.63. The molecule has 0 aliphatic carbocycles. The highest BCUT2D eigenvalue weighted by atomic mass is 16.5. The molecule has 0 fully saturated rings. The first-order valence-electron chi connectivity index (χ1n) is 5.19. The first-order chi connectivity index (χ1) is 8.33. The molecule has 2 heterocycles. The van der Waals surface area contributed by atoms with Crippen LogP contribution in [-0.2, 0) is 18.0 Å². The minimum atomic E-state index is -0.280. The second kappa shape index (κ2) is 3.99. The van der Waals surface area contributed by atoms with Crippen LogP contribution in [0.5, 0.6) is 0 Å². The van der Waals surface area contributed by atoms with Gasteiger partial charge in [-0.05, 0) is 23.3 Å². The summed E-state index contributed by atoms with van der Waals surface area (Å²) in [5, 5.41) is 12.5. The molecule has 0 saturated carbocycles. The largest absolute Gasteiger partial charge is 0.372 e. The average Bonchev–Trinajstić information content (AvgIpc) is 2.99. The number of aromatic amines is 1. The van der Waals surface area contributed by atoms with Gasteiger partial charge in [0.2, 0.25) is 0 Å². The lowest BCUT2D eigenvalue weighted by atomic mass is 10.1. The molecule has 6 heteroatoms. The monoisotopic (exact) mass is 230 g/mol. The van der Waals surface area contributed by atoms with E-state index in [1.165, 1.54) is 11.8 Å². The summed E-state index contributed by atoms with van der Waals surface area (Å²) in [6.45, 7) is 1.25. The highest BCUT2D eigenvalue weighted by molar-refractivity contribution is 6.02. The quantitative estimate of drug-likeness (QED) is 0.809. The van der Waals surface area contributed by atoms with Crippen LogP contribution in [0.1, 0.15) is 21.6 Å². The molecular formula is C11H10N4O2. The maximum Gasteiger partial charge on any atom is 0.277 e. The molecule has 3 rings (SSSR count). The Kier molecular flexibility index (Phi) is 2.34. The van der Waals surface area contributed by atoms with Crippen LogP contribution in [0.2, 0.25) is 0 Å². The molecule has 0 atom stereocenters. The SMILES string of the molecule is O=C(Nc1ccc2c(c1)COC2)c1cn[nH]n1. The number of hydrogen-bond donors (Lipinski definition) is 2. The topological polar surface area (TPSA) is 79.9 Å². The molecule has 86 valence electrons. The Balaban J connectivity index is 1.80. The van der Waals surface area contributed by atoms with Crippen LogP contribution in [-0.4, -0.2) is 21.3 Å². The van der Waals surface area contributed by atoms with Gasteiger partial charge in [0, 0.05) is 5.69 Å². The Labute approximate surface area is 97.0 Å². The number of H-pyrrole nitrogens is 1. The van der Waals surface area contributed by atoms with Gasteiger partial charge in [-0.3, -0.25) is 4.79 Å². The summed E-state index contributed by atoms with van der Waals surface area (Å²) in [6, 6.07) is 5.73. The number of anilines is 1. The van der Waals surface area contributed by atoms with Gasteiger partial charge < -0.3 is 10.1 Å². The van der Waals surface area contributed by atoms with Gasteiger partial charge in [0.15, 0.2) is 5.69 Å². The van der Waals surface area contributed by atoms with E-state index in [4.69, 9.17) is 4.74 Å². The summed E-state index contributed by atoms with van der Waals surface area (Å²) < 4.78 is 5.31. The molecule has 2 N–H and O–H groups in total. The normalized spacial score (nSPS) is 13.4. The van der Waals surface area contributed by atoms with Crippen LogP contribution in [0.4, 0.5) is 5.69 Å². The number of fused-ring (bicyclic) bond motifs is 1. The van der Waals surface area contributed by atoms with Crippen molar-refractivity contribution in [2.45, 2.75) is 13.2 Å². The van der Waals surface area contributed by atoms with Crippen LogP contribution in [0.25, 0.3) is 0 Å². The van der Waals surface area contributed by atoms with Gasteiger partial charge in [-0.2, -0.15) is 15.4 Å². The Hall–Kier alpha value is -2.21. The van der Waals surface area contributed by atoms with Crippen LogP contribution < -0.4 is 5.32 Å². The van der Waals surface area contributed by atoms with Crippen molar-refractivity contribution in [2.75, 3.05) is 5.32 Å². The summed E-state index contributed by atoms with van der Waals surface area (Å²) in [4.78, 5) is 11.7. The first kappa shape index (κ1) is 9.98. The van der Waals surface area contributed by atoms with E-state index in [1.807, 2.05) is 18.2 Å². The van der Waals surface area contributed by atoms with Crippen LogP contribution in [0.3, 0.4) is 0 Å². The van der Waals surface area contributed by atoms with E-state index in [2.05, 4.69) is 20.7 Å². The molecule has 1 aliphatic heterocycles. The number of nitrogens with zero attached hydrogens (tertiary/aromatic N) is 2. The van der Waals surface area contributed by atoms with Crippen molar-refractivity contribution < 1.29 is 9.53 Å². The Morgan fingerprint density at radius 1 is 1.35 bits per heavy atom. The molecule has 17 heavy (non-hydrogen) atoms. The zero-order valence-electron chi connectivity index (χ0n) is 8.93. The maximum atomic E-state index is 11.7. The Morgan fingerprint density at radius 2 is 2.24 bits per heavy atom. The number of ether oxygens (including phenoxy) is 1. The van der Waals surface area contributed by atoms with E-state index < -0.39 is 0 Å². The van der Waals surface area contributed by atoms with E-state index in [9.17, 15) is 4.79 Å². The van der Waals surface area contributed by atoms with Gasteiger partial charge in [-0.15, -0.1) is 0 Å². The molecule has 1 aromatic heterocycles. The van der Waals surface area contributed by atoms with E-state index in [0.717, 1.165) is 11.3 Å². The van der Waals surface area contributed by atoms with Crippen molar-refractivity contribution in [2.24, 2.45) is 0 Å². The minimum Gasteiger partial charge on any atom is -0.372 e. The molecule has 0 unspecified atom stereocenters. The third-order valence-electron chi connectivity index (χ3n) is 2.63. The summed E-state index contributed by atoms with van der Waals surface area (Å²) in [5.41, 5.74) is 3.29. The molecule has 0 bridgehead atoms. The zero-order valence-corrected chi connectivity index (χ0v) is 8.93. The maximum absolute atomic E-state index is 11.7. The van der Waals surface area contributed by atoms with E-state index >= 15 is 0 Å². The summed E-state index contributed by atoms with van der Waals surface area (Å²) in [6.07, 6.45) is 1.38. The van der Waals surface area contributed by atoms with Gasteiger partial charge >= 0.3 is 0 Å². The van der Waals surface area contributed by atoms with Crippen LogP contribution >= 0.6 is 0 Å². The number of hydrogen-bond acceptors (Lipinski definition) is 4. The molecule has 0 radical (unpaired) electrons. The molecule has 6 nitrogen and oxygen atoms in total. The fourth-order valence-electron chi connectivity index (χ4n) is 1.76. The van der Waals surface area contributed by atoms with Crippen molar-refractivity contribution in [3.05, 3.63) is 41.2 Å². The van der Waals surface area contributed by atoms with Crippen LogP contribution in [0.15, 0.2) is 24.4 Å². The highest BCUT2D eigenvalue weighted by Gasteiger charge is 2.13. The minimum absolute atomic E-state index is 0.266. The standard InChI is InChI=1S/C11H10N4O2/c16-11(10-4-12-15-14-10)13-9-2-1-7-5-17-6-8(7)3-9/h1-4H,5-6H2,(H,13,16)(H,12,14,15). The molecule has 1 aromatic carbocycles. The predicted octanol–water partition coefficient (Wildman–Crippen LogP) is 1.09. The van der Waals surface area contributed by atoms with Crippen molar-refractivity contribution in [1.82, 2.24) is 15.4 Å². The fraction of sp³-hybridized carbons (Fsp3) is 0.182. The Bertz CT molecular complexity index is 551. The van der Waals surface area contributed by atoms with Gasteiger partial charge in [-0.25, -0.2) is 0 Å². The summed E-state index contributed by atoms with van der Waals surface area (Å²) >= 11 is 0. The molecule has 1 aliphatic rings. The number of carbonyl (C=O) groups excluding carboxylic acids is 1. The first-order valence-corrected chi connectivity index (χ1v) is 5.19. The lowest BCUT2D eigenvalue weighted by Crippen LogP contribution is -2.12. The molecule has 1 amide bonds. The predicted molar refractivity (Wildman–Crippen MR) is 59.3 cm³/mol. The van der Waals surface area contributed by atoms with E-state index in [0.29, 0.717) is 13.2 Å². The van der Waals surface area contributed by atoms with Crippen molar-refractivity contribution in [3.63, 3.8) is 0 Å². The number of aromatic nitrogens is 3. The molecule has 0 saturated heterocycles. The van der Waals surface area contributed by atoms with Gasteiger partial charge in [0.25, 0.3) is 5.91 Å². The number of benzene rings is 1. The lowest BCUT2D eigenvalue weighted by molar-refractivity contribution is 0.102. The van der Waals surface area contributed by atoms with E-state index in [1.54, 1.807) is 0 Å². The fourth-order valence-corrected chi connectivity index (χ4v) is 1.76. The Morgan fingerprint density at radius 3 is 3.06 bits per heavy atom. The van der Waals surface area contributed by atoms with Crippen molar-refractivity contribution >= 4 is 11.6 Å². The smallest absolute Gasteiger partial charge is 0.277 e. The number of amides is 1. The number of carbonyl (C=O) groups is 1. The number of nitrogens with one attached hydrogen (secondary N) is 2. The van der Waals surface area contributed by atoms with E-state index in [-0.39, 0.29) is 11.6 Å². The van der Waals surface area contributed by atoms with Gasteiger partial charge in [-0.1, -0.05) is 6.07 Å². The number of rotatable bonds is 2. The molecule has 2 aromatic rings.